The van der Waals surface area contributed by atoms with Crippen LogP contribution in [0.5, 0.6) is 5.75 Å². The summed E-state index contributed by atoms with van der Waals surface area (Å²) in [6, 6.07) is 5.43. The molecule has 2 heterocycles. The molecule has 2 aromatic heterocycles. The normalized spacial score (nSPS) is 10.8. The average Bonchev–Trinajstić information content (AvgIpc) is 3.33. The molecule has 0 fully saturated rings. The lowest BCUT2D eigenvalue weighted by atomic mass is 10.2. The molecule has 0 spiro atoms. The lowest BCUT2D eigenvalue weighted by molar-refractivity contribution is -0.113. The van der Waals surface area contributed by atoms with Crippen molar-refractivity contribution in [3.63, 3.8) is 0 Å². The number of anilines is 1. The number of rotatable bonds is 9. The molecule has 0 unspecified atom stereocenters. The molecule has 1 aromatic carbocycles. The van der Waals surface area contributed by atoms with E-state index in [2.05, 4.69) is 20.5 Å². The highest BCUT2D eigenvalue weighted by Crippen LogP contribution is 2.25. The number of aryl methyl sites for hydroxylation is 2. The number of amides is 2. The third-order valence-electron chi connectivity index (χ3n) is 4.58. The Labute approximate surface area is 205 Å². The van der Waals surface area contributed by atoms with Crippen molar-refractivity contribution < 1.29 is 14.3 Å². The molecule has 0 atom stereocenters. The zero-order valence-corrected chi connectivity index (χ0v) is 21.4. The second-order valence-corrected chi connectivity index (χ2v) is 9.69. The van der Waals surface area contributed by atoms with Crippen molar-refractivity contribution in [3.8, 4) is 5.75 Å². The molecular weight excluding hydrogens is 484 g/mol. The van der Waals surface area contributed by atoms with E-state index in [1.807, 2.05) is 30.5 Å². The van der Waals surface area contributed by atoms with Crippen molar-refractivity contribution in [1.29, 1.82) is 0 Å². The molecule has 0 aliphatic carbocycles. The molecule has 3 rings (SSSR count). The van der Waals surface area contributed by atoms with Gasteiger partial charge in [0.1, 0.15) is 17.2 Å². The Kier molecular flexibility index (Phi) is 8.33. The van der Waals surface area contributed by atoms with Crippen molar-refractivity contribution in [1.82, 2.24) is 24.6 Å². The molecule has 9 nitrogen and oxygen atoms in total. The molecule has 0 bridgehead atoms. The van der Waals surface area contributed by atoms with Gasteiger partial charge in [0.25, 0.3) is 5.91 Å². The number of halogens is 1. The van der Waals surface area contributed by atoms with Crippen molar-refractivity contribution in [2.24, 2.45) is 0 Å². The predicted molar refractivity (Wildman–Crippen MR) is 130 cm³/mol. The maximum atomic E-state index is 12.4. The van der Waals surface area contributed by atoms with Gasteiger partial charge < -0.3 is 19.5 Å². The van der Waals surface area contributed by atoms with Crippen molar-refractivity contribution >= 4 is 51.6 Å². The quantitative estimate of drug-likeness (QED) is 0.435. The van der Waals surface area contributed by atoms with Crippen LogP contribution in [0.25, 0.3) is 0 Å². The smallest absolute Gasteiger partial charge is 0.265 e. The maximum Gasteiger partial charge on any atom is 0.265 e. The van der Waals surface area contributed by atoms with E-state index < -0.39 is 0 Å². The Morgan fingerprint density at radius 2 is 2.03 bits per heavy atom. The first kappa shape index (κ1) is 25.0. The fraction of sp³-hybridized carbons (Fsp3) is 0.381. The van der Waals surface area contributed by atoms with Crippen LogP contribution >= 0.6 is 34.7 Å². The van der Waals surface area contributed by atoms with Crippen LogP contribution in [-0.2, 0) is 17.9 Å². The average molecular weight is 509 g/mol. The van der Waals surface area contributed by atoms with Crippen LogP contribution in [0.4, 0.5) is 5.13 Å². The molecule has 0 radical (unpaired) electrons. The molecule has 176 valence electrons. The molecule has 0 aliphatic heterocycles. The molecular formula is C21H25ClN6O3S2. The molecule has 2 amide bonds. The molecule has 12 heteroatoms. The third kappa shape index (κ3) is 6.24. The van der Waals surface area contributed by atoms with E-state index in [4.69, 9.17) is 16.3 Å². The highest BCUT2D eigenvalue weighted by atomic mass is 35.5. The Hall–Kier alpha value is -2.63. The number of ether oxygens (including phenoxy) is 1. The highest BCUT2D eigenvalue weighted by molar-refractivity contribution is 7.99. The van der Waals surface area contributed by atoms with Gasteiger partial charge in [-0.1, -0.05) is 34.7 Å². The number of carbonyl (C=O) groups excluding carboxylic acids is 2. The molecule has 0 saturated carbocycles. The van der Waals surface area contributed by atoms with Crippen molar-refractivity contribution in [2.75, 3.05) is 25.2 Å². The Morgan fingerprint density at radius 3 is 2.70 bits per heavy atom. The Balaban J connectivity index is 1.59. The number of thioether (sulfide) groups is 1. The number of carbonyl (C=O) groups is 2. The number of hydrogen-bond acceptors (Lipinski definition) is 8. The van der Waals surface area contributed by atoms with E-state index in [0.29, 0.717) is 38.3 Å². The zero-order valence-electron chi connectivity index (χ0n) is 19.0. The number of hydrogen-bond donors (Lipinski definition) is 1. The van der Waals surface area contributed by atoms with Crippen LogP contribution in [0.3, 0.4) is 0 Å². The SMILES string of the molecule is CCn1c(COc2ccc(Cl)cc2C)nnc1SCC(=O)Nc1nc(C)c(C(=O)N(C)C)s1. The Morgan fingerprint density at radius 1 is 1.27 bits per heavy atom. The summed E-state index contributed by atoms with van der Waals surface area (Å²) >= 11 is 8.43. The van der Waals surface area contributed by atoms with E-state index in [0.717, 1.165) is 22.6 Å². The first-order valence-electron chi connectivity index (χ1n) is 10.1. The fourth-order valence-corrected chi connectivity index (χ4v) is 4.96. The lowest BCUT2D eigenvalue weighted by Crippen LogP contribution is -2.21. The second kappa shape index (κ2) is 11.0. The Bertz CT molecular complexity index is 1160. The van der Waals surface area contributed by atoms with Crippen molar-refractivity contribution in [3.05, 3.63) is 45.2 Å². The number of benzene rings is 1. The van der Waals surface area contributed by atoms with Crippen LogP contribution in [-0.4, -0.2) is 56.3 Å². The molecule has 0 saturated heterocycles. The number of nitrogens with one attached hydrogen (secondary N) is 1. The van der Waals surface area contributed by atoms with E-state index in [1.165, 1.54) is 16.7 Å². The monoisotopic (exact) mass is 508 g/mol. The van der Waals surface area contributed by atoms with Crippen LogP contribution in [0, 0.1) is 13.8 Å². The number of thiazole rings is 1. The fourth-order valence-electron chi connectivity index (χ4n) is 2.90. The zero-order chi connectivity index (χ0) is 24.1. The summed E-state index contributed by atoms with van der Waals surface area (Å²) in [4.78, 5) is 30.9. The van der Waals surface area contributed by atoms with Gasteiger partial charge >= 0.3 is 0 Å². The first-order chi connectivity index (χ1) is 15.7. The standard InChI is InChI=1S/C21H25ClN6O3S2/c1-6-28-16(10-31-15-8-7-14(22)9-12(15)2)25-26-21(28)32-11-17(29)24-20-23-13(3)18(33-20)19(30)27(4)5/h7-9H,6,10-11H2,1-5H3,(H,23,24,29). The molecule has 3 aromatic rings. The highest BCUT2D eigenvalue weighted by Gasteiger charge is 2.19. The van der Waals surface area contributed by atoms with E-state index in [1.54, 1.807) is 27.1 Å². The summed E-state index contributed by atoms with van der Waals surface area (Å²) in [6.07, 6.45) is 0. The summed E-state index contributed by atoms with van der Waals surface area (Å²) in [7, 11) is 3.35. The number of nitrogens with zero attached hydrogens (tertiary/aromatic N) is 5. The largest absolute Gasteiger partial charge is 0.485 e. The third-order valence-corrected chi connectivity index (χ3v) is 6.84. The van der Waals surface area contributed by atoms with Crippen LogP contribution in [0.2, 0.25) is 5.02 Å². The van der Waals surface area contributed by atoms with Gasteiger partial charge in [0, 0.05) is 25.7 Å². The van der Waals surface area contributed by atoms with Crippen LogP contribution in [0.1, 0.15) is 33.7 Å². The minimum Gasteiger partial charge on any atom is -0.485 e. The summed E-state index contributed by atoms with van der Waals surface area (Å²) in [5.74, 6) is 1.14. The van der Waals surface area contributed by atoms with Gasteiger partial charge in [-0.15, -0.1) is 10.2 Å². The predicted octanol–water partition coefficient (Wildman–Crippen LogP) is 4.04. The minimum absolute atomic E-state index is 0.130. The van der Waals surface area contributed by atoms with Gasteiger partial charge in [-0.2, -0.15) is 0 Å². The van der Waals surface area contributed by atoms with Gasteiger partial charge in [-0.3, -0.25) is 9.59 Å². The summed E-state index contributed by atoms with van der Waals surface area (Å²) in [5.41, 5.74) is 1.53. The molecule has 33 heavy (non-hydrogen) atoms. The lowest BCUT2D eigenvalue weighted by Gasteiger charge is -2.10. The van der Waals surface area contributed by atoms with Gasteiger partial charge in [-0.25, -0.2) is 4.98 Å². The van der Waals surface area contributed by atoms with Crippen LogP contribution < -0.4 is 10.1 Å². The molecule has 0 aliphatic rings. The minimum atomic E-state index is -0.238. The first-order valence-corrected chi connectivity index (χ1v) is 12.3. The summed E-state index contributed by atoms with van der Waals surface area (Å²) in [6.45, 7) is 6.53. The van der Waals surface area contributed by atoms with E-state index in [9.17, 15) is 9.59 Å². The van der Waals surface area contributed by atoms with E-state index in [-0.39, 0.29) is 24.2 Å². The van der Waals surface area contributed by atoms with Gasteiger partial charge in [0.05, 0.1) is 11.4 Å². The van der Waals surface area contributed by atoms with Gasteiger partial charge in [0.15, 0.2) is 16.1 Å². The summed E-state index contributed by atoms with van der Waals surface area (Å²) in [5, 5.41) is 12.9. The maximum absolute atomic E-state index is 12.4. The van der Waals surface area contributed by atoms with Crippen molar-refractivity contribution in [2.45, 2.75) is 39.1 Å². The van der Waals surface area contributed by atoms with Gasteiger partial charge in [0.2, 0.25) is 5.91 Å². The van der Waals surface area contributed by atoms with Gasteiger partial charge in [-0.05, 0) is 44.5 Å². The molecule has 1 N–H and O–H groups in total. The van der Waals surface area contributed by atoms with Crippen LogP contribution in [0.15, 0.2) is 23.4 Å². The topological polar surface area (TPSA) is 102 Å². The number of aromatic nitrogens is 4. The van der Waals surface area contributed by atoms with E-state index >= 15 is 0 Å². The summed E-state index contributed by atoms with van der Waals surface area (Å²) < 4.78 is 7.79. The second-order valence-electron chi connectivity index (χ2n) is 7.31.